The third kappa shape index (κ3) is 5.33. The molecule has 6 heteroatoms. The molecule has 0 unspecified atom stereocenters. The van der Waals surface area contributed by atoms with E-state index in [1.54, 1.807) is 0 Å². The summed E-state index contributed by atoms with van der Waals surface area (Å²) in [6, 6.07) is 7.84. The summed E-state index contributed by atoms with van der Waals surface area (Å²) >= 11 is 0. The van der Waals surface area contributed by atoms with E-state index in [1.807, 2.05) is 36.1 Å². The van der Waals surface area contributed by atoms with E-state index >= 15 is 0 Å². The van der Waals surface area contributed by atoms with Crippen LogP contribution in [0.15, 0.2) is 29.4 Å². The molecule has 6 nitrogen and oxygen atoms in total. The third-order valence-corrected chi connectivity index (χ3v) is 5.64. The third-order valence-electron chi connectivity index (χ3n) is 5.64. The van der Waals surface area contributed by atoms with Crippen molar-refractivity contribution in [3.05, 3.63) is 29.8 Å². The number of amides is 2. The summed E-state index contributed by atoms with van der Waals surface area (Å²) < 4.78 is 0. The molecule has 1 fully saturated rings. The first kappa shape index (κ1) is 20.4. The van der Waals surface area contributed by atoms with Gasteiger partial charge in [0, 0.05) is 31.6 Å². The zero-order valence-electron chi connectivity index (χ0n) is 17.1. The number of aryl methyl sites for hydroxylation is 1. The van der Waals surface area contributed by atoms with E-state index in [2.05, 4.69) is 24.3 Å². The Labute approximate surface area is 167 Å². The monoisotopic (exact) mass is 385 g/mol. The number of hydrogen-bond acceptors (Lipinski definition) is 4. The van der Waals surface area contributed by atoms with Gasteiger partial charge in [0.15, 0.2) is 0 Å². The second-order valence-electron chi connectivity index (χ2n) is 8.26. The van der Waals surface area contributed by atoms with Crippen LogP contribution in [0, 0.1) is 18.8 Å². The topological polar surface area (TPSA) is 71.0 Å². The Kier molecular flexibility index (Phi) is 6.70. The molecule has 2 amide bonds. The normalized spacial score (nSPS) is 20.1. The number of anilines is 1. The number of nitrogens with zero attached hydrogens (tertiary/aromatic N) is 2. The van der Waals surface area contributed by atoms with Gasteiger partial charge in [0.1, 0.15) is 0 Å². The van der Waals surface area contributed by atoms with Crippen molar-refractivity contribution in [3.8, 4) is 0 Å². The van der Waals surface area contributed by atoms with Gasteiger partial charge in [-0.1, -0.05) is 31.1 Å². The molecule has 1 N–H and O–H groups in total. The van der Waals surface area contributed by atoms with Crippen LogP contribution in [0.5, 0.6) is 0 Å². The number of hydrogen-bond donors (Lipinski definition) is 1. The quantitative estimate of drug-likeness (QED) is 0.811. The number of rotatable bonds is 6. The van der Waals surface area contributed by atoms with E-state index in [1.165, 1.54) is 0 Å². The zero-order valence-corrected chi connectivity index (χ0v) is 17.1. The van der Waals surface area contributed by atoms with Crippen molar-refractivity contribution in [1.29, 1.82) is 0 Å². The highest BCUT2D eigenvalue weighted by atomic mass is 16.6. The molecular formula is C22H31N3O3. The summed E-state index contributed by atoms with van der Waals surface area (Å²) in [5.74, 6) is 0.908. The van der Waals surface area contributed by atoms with Gasteiger partial charge >= 0.3 is 0 Å². The number of likely N-dealkylation sites (tertiary alicyclic amines) is 1. The highest BCUT2D eigenvalue weighted by molar-refractivity contribution is 5.94. The van der Waals surface area contributed by atoms with Crippen LogP contribution in [-0.4, -0.2) is 41.6 Å². The van der Waals surface area contributed by atoms with Crippen LogP contribution in [0.2, 0.25) is 0 Å². The van der Waals surface area contributed by atoms with Crippen LogP contribution in [0.1, 0.15) is 51.5 Å². The summed E-state index contributed by atoms with van der Waals surface area (Å²) in [6.07, 6.45) is 3.41. The number of nitrogens with one attached hydrogen (secondary N) is 1. The second kappa shape index (κ2) is 9.22. The Morgan fingerprint density at radius 3 is 2.68 bits per heavy atom. The van der Waals surface area contributed by atoms with E-state index < -0.39 is 6.10 Å². The molecule has 2 aliphatic rings. The van der Waals surface area contributed by atoms with Crippen LogP contribution < -0.4 is 5.32 Å². The van der Waals surface area contributed by atoms with Gasteiger partial charge in [0.25, 0.3) is 5.91 Å². The Hall–Kier alpha value is -2.37. The molecule has 0 spiro atoms. The fraction of sp³-hybridized carbons (Fsp3) is 0.591. The summed E-state index contributed by atoms with van der Waals surface area (Å²) in [7, 11) is 0. The smallest absolute Gasteiger partial charge is 0.266 e. The molecule has 2 aliphatic heterocycles. The minimum Gasteiger partial charge on any atom is -0.382 e. The minimum absolute atomic E-state index is 0.0510. The fourth-order valence-corrected chi connectivity index (χ4v) is 3.80. The van der Waals surface area contributed by atoms with E-state index in [-0.39, 0.29) is 11.8 Å². The van der Waals surface area contributed by atoms with Crippen LogP contribution in [-0.2, 0) is 14.4 Å². The lowest BCUT2D eigenvalue weighted by atomic mass is 9.91. The van der Waals surface area contributed by atoms with Crippen molar-refractivity contribution in [2.75, 3.05) is 18.4 Å². The molecule has 1 saturated heterocycles. The average Bonchev–Trinajstić information content (AvgIpc) is 3.17. The maximum absolute atomic E-state index is 12.6. The number of carbonyl (C=O) groups is 2. The molecule has 1 aromatic rings. The van der Waals surface area contributed by atoms with Crippen molar-refractivity contribution >= 4 is 23.2 Å². The lowest BCUT2D eigenvalue weighted by Crippen LogP contribution is -2.44. The minimum atomic E-state index is -0.450. The van der Waals surface area contributed by atoms with Crippen molar-refractivity contribution in [2.45, 2.75) is 59.0 Å². The number of piperidine rings is 1. The fourth-order valence-electron chi connectivity index (χ4n) is 3.80. The van der Waals surface area contributed by atoms with E-state index in [0.29, 0.717) is 24.7 Å². The van der Waals surface area contributed by atoms with E-state index in [0.717, 1.165) is 49.3 Å². The SMILES string of the molecule is Cc1cccc(NC(=O)CCC2CCN(C(=O)[C@H]3CC(C(C)C)=NO3)CC2)c1. The van der Waals surface area contributed by atoms with Gasteiger partial charge in [-0.2, -0.15) is 0 Å². The predicted octanol–water partition coefficient (Wildman–Crippen LogP) is 3.75. The Bertz CT molecular complexity index is 736. The molecule has 0 bridgehead atoms. The molecule has 2 heterocycles. The molecule has 0 aliphatic carbocycles. The maximum Gasteiger partial charge on any atom is 0.266 e. The first-order valence-electron chi connectivity index (χ1n) is 10.3. The van der Waals surface area contributed by atoms with E-state index in [4.69, 9.17) is 4.84 Å². The second-order valence-corrected chi connectivity index (χ2v) is 8.26. The van der Waals surface area contributed by atoms with Crippen LogP contribution in [0.25, 0.3) is 0 Å². The van der Waals surface area contributed by atoms with Crippen molar-refractivity contribution in [1.82, 2.24) is 4.90 Å². The van der Waals surface area contributed by atoms with Crippen LogP contribution >= 0.6 is 0 Å². The number of oxime groups is 1. The highest BCUT2D eigenvalue weighted by Crippen LogP contribution is 2.25. The molecule has 1 atom stereocenters. The molecule has 152 valence electrons. The van der Waals surface area contributed by atoms with Crippen molar-refractivity contribution in [2.24, 2.45) is 17.0 Å². The lowest BCUT2D eigenvalue weighted by molar-refractivity contribution is -0.143. The van der Waals surface area contributed by atoms with Crippen LogP contribution in [0.4, 0.5) is 5.69 Å². The molecule has 0 aromatic heterocycles. The molecule has 3 rings (SSSR count). The first-order valence-corrected chi connectivity index (χ1v) is 10.3. The molecule has 28 heavy (non-hydrogen) atoms. The van der Waals surface area contributed by atoms with E-state index in [9.17, 15) is 9.59 Å². The lowest BCUT2D eigenvalue weighted by Gasteiger charge is -2.33. The molecule has 0 radical (unpaired) electrons. The highest BCUT2D eigenvalue weighted by Gasteiger charge is 2.34. The Morgan fingerprint density at radius 2 is 2.04 bits per heavy atom. The molecule has 0 saturated carbocycles. The molecular weight excluding hydrogens is 354 g/mol. The van der Waals surface area contributed by atoms with Crippen molar-refractivity contribution < 1.29 is 14.4 Å². The summed E-state index contributed by atoms with van der Waals surface area (Å²) in [6.45, 7) is 7.61. The summed E-state index contributed by atoms with van der Waals surface area (Å²) in [5, 5.41) is 7.03. The van der Waals surface area contributed by atoms with Gasteiger partial charge in [-0.25, -0.2) is 0 Å². The zero-order chi connectivity index (χ0) is 20.1. The Morgan fingerprint density at radius 1 is 1.29 bits per heavy atom. The van der Waals surface area contributed by atoms with Gasteiger partial charge in [-0.15, -0.1) is 0 Å². The van der Waals surface area contributed by atoms with Crippen molar-refractivity contribution in [3.63, 3.8) is 0 Å². The van der Waals surface area contributed by atoms with Gasteiger partial charge in [0.2, 0.25) is 12.0 Å². The number of carbonyl (C=O) groups excluding carboxylic acids is 2. The standard InChI is InChI=1S/C22H31N3O3/c1-15(2)19-14-20(28-24-19)22(27)25-11-9-17(10-12-25)7-8-21(26)23-18-6-4-5-16(3)13-18/h4-6,13,15,17,20H,7-12,14H2,1-3H3,(H,23,26)/t20-/m1/s1. The summed E-state index contributed by atoms with van der Waals surface area (Å²) in [4.78, 5) is 32.1. The largest absolute Gasteiger partial charge is 0.382 e. The first-order chi connectivity index (χ1) is 13.4. The van der Waals surface area contributed by atoms with Gasteiger partial charge < -0.3 is 15.1 Å². The number of benzene rings is 1. The van der Waals surface area contributed by atoms with Crippen LogP contribution in [0.3, 0.4) is 0 Å². The van der Waals surface area contributed by atoms with Gasteiger partial charge in [0.05, 0.1) is 5.71 Å². The predicted molar refractivity (Wildman–Crippen MR) is 110 cm³/mol. The Balaban J connectivity index is 1.37. The van der Waals surface area contributed by atoms with Gasteiger partial charge in [-0.05, 0) is 55.7 Å². The maximum atomic E-state index is 12.6. The van der Waals surface area contributed by atoms with Gasteiger partial charge in [-0.3, -0.25) is 9.59 Å². The average molecular weight is 386 g/mol. The molecule has 1 aromatic carbocycles. The summed E-state index contributed by atoms with van der Waals surface area (Å²) in [5.41, 5.74) is 2.95.